The van der Waals surface area contributed by atoms with E-state index in [1.54, 1.807) is 20.4 Å². The smallest absolute Gasteiger partial charge is 0.153 e. The average Bonchev–Trinajstić information content (AvgIpc) is 3.65. The van der Waals surface area contributed by atoms with Gasteiger partial charge in [-0.1, -0.05) is 38.1 Å². The second-order valence-corrected chi connectivity index (χ2v) is 15.6. The molecule has 3 aromatic carbocycles. The van der Waals surface area contributed by atoms with Gasteiger partial charge in [-0.2, -0.15) is 0 Å². The highest BCUT2D eigenvalue weighted by molar-refractivity contribution is 5.81. The number of rotatable bonds is 11. The molecule has 9 heteroatoms. The quantitative estimate of drug-likeness (QED) is 0.136. The number of carbonyl (C=O) groups is 1. The monoisotopic (exact) mass is 713 g/mol. The van der Waals surface area contributed by atoms with Gasteiger partial charge >= 0.3 is 0 Å². The van der Waals surface area contributed by atoms with Gasteiger partial charge in [-0.25, -0.2) is 4.98 Å². The Bertz CT molecular complexity index is 2040. The molecule has 2 saturated heterocycles. The number of hydrogen-bond acceptors (Lipinski definition) is 8. The molecule has 4 heterocycles. The van der Waals surface area contributed by atoms with Gasteiger partial charge in [-0.05, 0) is 90.1 Å². The molecular weight excluding hydrogens is 663 g/mol. The molecule has 2 aromatic heterocycles. The zero-order chi connectivity index (χ0) is 36.5. The lowest BCUT2D eigenvalue weighted by Gasteiger charge is -2.58. The SMILES string of the molecule is COc1cc(CN2CCN(C3CC4(CCN(c5ccc(C=O)c(Oc6cnc7[nH]ccc7c6)c5)CC4)C3)C(c3ccccc3C(C)C)C2)cc(OC)c1. The molecule has 1 unspecified atom stereocenters. The molecule has 1 atom stereocenters. The van der Waals surface area contributed by atoms with Gasteiger partial charge in [0.15, 0.2) is 6.29 Å². The number of benzene rings is 3. The van der Waals surface area contributed by atoms with Crippen LogP contribution in [-0.4, -0.2) is 79.0 Å². The van der Waals surface area contributed by atoms with Gasteiger partial charge in [0.2, 0.25) is 0 Å². The van der Waals surface area contributed by atoms with E-state index in [4.69, 9.17) is 14.2 Å². The Balaban J connectivity index is 0.947. The zero-order valence-electron chi connectivity index (χ0n) is 31.4. The van der Waals surface area contributed by atoms with E-state index in [2.05, 4.69) is 81.0 Å². The van der Waals surface area contributed by atoms with Crippen molar-refractivity contribution < 1.29 is 19.0 Å². The van der Waals surface area contributed by atoms with Crippen LogP contribution in [0.5, 0.6) is 23.0 Å². The summed E-state index contributed by atoms with van der Waals surface area (Å²) in [6, 6.07) is 26.1. The normalized spacial score (nSPS) is 19.4. The van der Waals surface area contributed by atoms with Gasteiger partial charge < -0.3 is 24.1 Å². The van der Waals surface area contributed by atoms with E-state index in [1.807, 2.05) is 36.5 Å². The summed E-state index contributed by atoms with van der Waals surface area (Å²) < 4.78 is 17.4. The number of carbonyl (C=O) groups excluding carboxylic acids is 1. The fraction of sp³-hybridized carbons (Fsp3) is 0.409. The van der Waals surface area contributed by atoms with Crippen molar-refractivity contribution in [1.29, 1.82) is 0 Å². The molecule has 1 N–H and O–H groups in total. The first kappa shape index (κ1) is 35.2. The molecule has 0 radical (unpaired) electrons. The Labute approximate surface area is 312 Å². The number of ether oxygens (including phenoxy) is 3. The number of pyridine rings is 1. The summed E-state index contributed by atoms with van der Waals surface area (Å²) in [5, 5.41) is 0.970. The van der Waals surface area contributed by atoms with Gasteiger partial charge in [-0.3, -0.25) is 14.6 Å². The number of methoxy groups -OCH3 is 2. The molecule has 0 amide bonds. The molecule has 3 fully saturated rings. The first-order chi connectivity index (χ1) is 25.8. The maximum absolute atomic E-state index is 12.0. The summed E-state index contributed by atoms with van der Waals surface area (Å²) in [6.07, 6.45) is 9.27. The van der Waals surface area contributed by atoms with Crippen molar-refractivity contribution in [2.24, 2.45) is 5.41 Å². The van der Waals surface area contributed by atoms with Crippen molar-refractivity contribution in [1.82, 2.24) is 19.8 Å². The minimum absolute atomic E-state index is 0.347. The zero-order valence-corrected chi connectivity index (χ0v) is 31.4. The van der Waals surface area contributed by atoms with Gasteiger partial charge in [0.25, 0.3) is 0 Å². The van der Waals surface area contributed by atoms with E-state index >= 15 is 0 Å². The largest absolute Gasteiger partial charge is 0.497 e. The van der Waals surface area contributed by atoms with Crippen LogP contribution < -0.4 is 19.1 Å². The number of aromatic amines is 1. The van der Waals surface area contributed by atoms with Gasteiger partial charge in [0.1, 0.15) is 28.6 Å². The van der Waals surface area contributed by atoms with Gasteiger partial charge in [-0.15, -0.1) is 0 Å². The number of nitrogens with one attached hydrogen (secondary N) is 1. The molecule has 3 aliphatic rings. The van der Waals surface area contributed by atoms with Crippen LogP contribution in [0.3, 0.4) is 0 Å². The number of aromatic nitrogens is 2. The van der Waals surface area contributed by atoms with E-state index in [0.29, 0.717) is 40.5 Å². The average molecular weight is 714 g/mol. The molecule has 0 bridgehead atoms. The topological polar surface area (TPSA) is 83.2 Å². The van der Waals surface area contributed by atoms with Crippen LogP contribution in [0.25, 0.3) is 11.0 Å². The van der Waals surface area contributed by atoms with Crippen molar-refractivity contribution in [2.75, 3.05) is 51.8 Å². The third-order valence-electron chi connectivity index (χ3n) is 12.0. The van der Waals surface area contributed by atoms with E-state index in [0.717, 1.165) is 73.8 Å². The van der Waals surface area contributed by atoms with Gasteiger partial charge in [0, 0.05) is 80.8 Å². The fourth-order valence-electron chi connectivity index (χ4n) is 9.10. The summed E-state index contributed by atoms with van der Waals surface area (Å²) in [5.41, 5.74) is 6.99. The molecule has 2 aliphatic heterocycles. The molecule has 8 rings (SSSR count). The summed E-state index contributed by atoms with van der Waals surface area (Å²) in [5.74, 6) is 3.32. The number of H-pyrrole nitrogens is 1. The summed E-state index contributed by atoms with van der Waals surface area (Å²) in [7, 11) is 3.43. The Morgan fingerprint density at radius 3 is 2.42 bits per heavy atom. The molecule has 1 spiro atoms. The van der Waals surface area contributed by atoms with Crippen LogP contribution in [0.15, 0.2) is 85.2 Å². The number of piperazine rings is 1. The highest BCUT2D eigenvalue weighted by Gasteiger charge is 2.50. The number of aldehydes is 1. The third kappa shape index (κ3) is 7.25. The molecule has 1 aliphatic carbocycles. The lowest BCUT2D eigenvalue weighted by Crippen LogP contribution is -2.60. The van der Waals surface area contributed by atoms with Gasteiger partial charge in [0.05, 0.1) is 26.0 Å². The van der Waals surface area contributed by atoms with Crippen molar-refractivity contribution in [3.8, 4) is 23.0 Å². The van der Waals surface area contributed by atoms with E-state index in [1.165, 1.54) is 42.4 Å². The fourth-order valence-corrected chi connectivity index (χ4v) is 9.10. The van der Waals surface area contributed by atoms with Crippen LogP contribution in [0.4, 0.5) is 5.69 Å². The number of piperidine rings is 1. The maximum atomic E-state index is 12.0. The number of anilines is 1. The number of fused-ring (bicyclic) bond motifs is 1. The molecular formula is C44H51N5O4. The van der Waals surface area contributed by atoms with E-state index < -0.39 is 0 Å². The lowest BCUT2D eigenvalue weighted by atomic mass is 9.59. The molecule has 53 heavy (non-hydrogen) atoms. The lowest BCUT2D eigenvalue weighted by molar-refractivity contribution is -0.0628. The van der Waals surface area contributed by atoms with Crippen LogP contribution in [0.2, 0.25) is 0 Å². The predicted molar refractivity (Wildman–Crippen MR) is 210 cm³/mol. The third-order valence-corrected chi connectivity index (χ3v) is 12.0. The minimum atomic E-state index is 0.347. The number of hydrogen-bond donors (Lipinski definition) is 1. The highest BCUT2D eigenvalue weighted by Crippen LogP contribution is 2.53. The van der Waals surface area contributed by atoms with Crippen LogP contribution >= 0.6 is 0 Å². The first-order valence-electron chi connectivity index (χ1n) is 19.1. The molecule has 9 nitrogen and oxygen atoms in total. The molecule has 1 saturated carbocycles. The number of nitrogens with zero attached hydrogens (tertiary/aromatic N) is 4. The first-order valence-corrected chi connectivity index (χ1v) is 19.1. The maximum Gasteiger partial charge on any atom is 0.153 e. The minimum Gasteiger partial charge on any atom is -0.497 e. The summed E-state index contributed by atoms with van der Waals surface area (Å²) in [6.45, 7) is 10.6. The second kappa shape index (κ2) is 14.9. The molecule has 5 aromatic rings. The van der Waals surface area contributed by atoms with Crippen molar-refractivity contribution in [3.05, 3.63) is 107 Å². The van der Waals surface area contributed by atoms with Crippen LogP contribution in [0, 0.1) is 5.41 Å². The summed E-state index contributed by atoms with van der Waals surface area (Å²) in [4.78, 5) is 27.4. The standard InChI is InChI=1S/C44H51N5O4/c1-30(2)39-7-5-6-8-40(39)41-28-47(27-31-19-36(51-3)23-37(20-31)52-4)17-18-49(41)35-24-44(25-35)12-15-48(16-13-44)34-10-9-33(29-50)42(22-34)53-38-21-32-11-14-45-43(32)46-26-38/h5-11,14,19-23,26,29-30,35,41H,12-13,15-18,24-25,27-28H2,1-4H3,(H,45,46). The Hall–Kier alpha value is -4.86. The highest BCUT2D eigenvalue weighted by atomic mass is 16.5. The van der Waals surface area contributed by atoms with Crippen molar-refractivity contribution in [2.45, 2.75) is 64.1 Å². The summed E-state index contributed by atoms with van der Waals surface area (Å²) >= 11 is 0. The van der Waals surface area contributed by atoms with E-state index in [-0.39, 0.29) is 0 Å². The van der Waals surface area contributed by atoms with Crippen LogP contribution in [-0.2, 0) is 6.54 Å². The predicted octanol–water partition coefficient (Wildman–Crippen LogP) is 8.62. The van der Waals surface area contributed by atoms with Crippen molar-refractivity contribution in [3.63, 3.8) is 0 Å². The van der Waals surface area contributed by atoms with Crippen LogP contribution in [0.1, 0.15) is 78.5 Å². The second-order valence-electron chi connectivity index (χ2n) is 15.6. The van der Waals surface area contributed by atoms with E-state index in [9.17, 15) is 4.79 Å². The Kier molecular flexibility index (Phi) is 9.87. The Morgan fingerprint density at radius 2 is 1.68 bits per heavy atom. The Morgan fingerprint density at radius 1 is 0.906 bits per heavy atom. The molecule has 276 valence electrons. The van der Waals surface area contributed by atoms with Crippen molar-refractivity contribution >= 4 is 23.0 Å².